The summed E-state index contributed by atoms with van der Waals surface area (Å²) >= 11 is 0. The van der Waals surface area contributed by atoms with Gasteiger partial charge >= 0.3 is 5.97 Å². The van der Waals surface area contributed by atoms with Crippen molar-refractivity contribution in [2.75, 3.05) is 0 Å². The third-order valence-electron chi connectivity index (χ3n) is 2.60. The molecule has 1 unspecified atom stereocenters. The Morgan fingerprint density at radius 1 is 1.25 bits per heavy atom. The van der Waals surface area contributed by atoms with Crippen molar-refractivity contribution in [2.24, 2.45) is 5.92 Å². The molecule has 0 heterocycles. The summed E-state index contributed by atoms with van der Waals surface area (Å²) in [5, 5.41) is 0. The summed E-state index contributed by atoms with van der Waals surface area (Å²) in [5.41, 5.74) is 0. The third kappa shape index (κ3) is 4.47. The van der Waals surface area contributed by atoms with Gasteiger partial charge in [0.25, 0.3) is 0 Å². The lowest BCUT2D eigenvalue weighted by Gasteiger charge is -2.10. The van der Waals surface area contributed by atoms with Gasteiger partial charge in [0.05, 0.1) is 5.92 Å². The van der Waals surface area contributed by atoms with Gasteiger partial charge in [-0.05, 0) is 18.6 Å². The fraction of sp³-hybridized carbons (Fsp3) is 0.500. The van der Waals surface area contributed by atoms with Crippen LogP contribution in [0.3, 0.4) is 0 Å². The molecule has 0 bridgehead atoms. The van der Waals surface area contributed by atoms with E-state index in [0.29, 0.717) is 5.75 Å². The van der Waals surface area contributed by atoms with E-state index in [1.54, 1.807) is 12.1 Å². The van der Waals surface area contributed by atoms with E-state index >= 15 is 0 Å². The SMILES string of the molecule is CCCCCC(C)C(=O)Oc1ccccc1. The summed E-state index contributed by atoms with van der Waals surface area (Å²) in [6, 6.07) is 9.24. The van der Waals surface area contributed by atoms with Crippen molar-refractivity contribution in [3.8, 4) is 5.75 Å². The number of carbonyl (C=O) groups excluding carboxylic acids is 1. The minimum Gasteiger partial charge on any atom is -0.426 e. The van der Waals surface area contributed by atoms with Crippen LogP contribution in [0.1, 0.15) is 39.5 Å². The molecule has 1 aromatic carbocycles. The maximum absolute atomic E-state index is 11.7. The first kappa shape index (κ1) is 12.8. The molecule has 0 spiro atoms. The molecule has 0 aliphatic rings. The summed E-state index contributed by atoms with van der Waals surface area (Å²) in [6.07, 6.45) is 4.38. The standard InChI is InChI=1S/C14H20O2/c1-3-4-6-9-12(2)14(15)16-13-10-7-5-8-11-13/h5,7-8,10-12H,3-4,6,9H2,1-2H3. The van der Waals surface area contributed by atoms with Crippen molar-refractivity contribution < 1.29 is 9.53 Å². The quantitative estimate of drug-likeness (QED) is 0.414. The molecule has 0 fully saturated rings. The van der Waals surface area contributed by atoms with Gasteiger partial charge in [-0.3, -0.25) is 4.79 Å². The van der Waals surface area contributed by atoms with Crippen molar-refractivity contribution in [1.82, 2.24) is 0 Å². The first-order valence-corrected chi connectivity index (χ1v) is 6.00. The van der Waals surface area contributed by atoms with Crippen LogP contribution >= 0.6 is 0 Å². The highest BCUT2D eigenvalue weighted by molar-refractivity contribution is 5.74. The van der Waals surface area contributed by atoms with Gasteiger partial charge in [0.1, 0.15) is 5.75 Å². The topological polar surface area (TPSA) is 26.3 Å². The van der Waals surface area contributed by atoms with Crippen LogP contribution in [0, 0.1) is 5.92 Å². The summed E-state index contributed by atoms with van der Waals surface area (Å²) in [4.78, 5) is 11.7. The largest absolute Gasteiger partial charge is 0.426 e. The first-order valence-electron chi connectivity index (χ1n) is 6.00. The zero-order chi connectivity index (χ0) is 11.8. The molecule has 0 amide bonds. The van der Waals surface area contributed by atoms with E-state index < -0.39 is 0 Å². The van der Waals surface area contributed by atoms with E-state index in [9.17, 15) is 4.79 Å². The van der Waals surface area contributed by atoms with Crippen LogP contribution in [0.2, 0.25) is 0 Å². The summed E-state index contributed by atoms with van der Waals surface area (Å²) < 4.78 is 5.27. The third-order valence-corrected chi connectivity index (χ3v) is 2.60. The highest BCUT2D eigenvalue weighted by Gasteiger charge is 2.14. The second-order valence-electron chi connectivity index (χ2n) is 4.13. The van der Waals surface area contributed by atoms with Crippen LogP contribution in [0.25, 0.3) is 0 Å². The number of hydrogen-bond donors (Lipinski definition) is 0. The minimum absolute atomic E-state index is 0.00763. The van der Waals surface area contributed by atoms with Gasteiger partial charge in [-0.25, -0.2) is 0 Å². The molecule has 0 radical (unpaired) electrons. The van der Waals surface area contributed by atoms with Crippen molar-refractivity contribution >= 4 is 5.97 Å². The predicted octanol–water partition coefficient (Wildman–Crippen LogP) is 3.81. The Kier molecular flexibility index (Phi) is 5.62. The molecule has 1 aromatic rings. The Morgan fingerprint density at radius 3 is 2.56 bits per heavy atom. The number of carbonyl (C=O) groups is 1. The van der Waals surface area contributed by atoms with Gasteiger partial charge in [-0.1, -0.05) is 51.3 Å². The van der Waals surface area contributed by atoms with Crippen LogP contribution < -0.4 is 4.74 Å². The van der Waals surface area contributed by atoms with Gasteiger partial charge in [0.15, 0.2) is 0 Å². The average Bonchev–Trinajstić information content (AvgIpc) is 2.30. The Morgan fingerprint density at radius 2 is 1.94 bits per heavy atom. The molecule has 1 rings (SSSR count). The molecule has 2 nitrogen and oxygen atoms in total. The zero-order valence-electron chi connectivity index (χ0n) is 10.1. The van der Waals surface area contributed by atoms with Crippen molar-refractivity contribution in [3.63, 3.8) is 0 Å². The molecule has 2 heteroatoms. The summed E-state index contributed by atoms with van der Waals surface area (Å²) in [6.45, 7) is 4.09. The Hall–Kier alpha value is -1.31. The lowest BCUT2D eigenvalue weighted by atomic mass is 10.0. The molecule has 0 saturated heterocycles. The van der Waals surface area contributed by atoms with Crippen LogP contribution in [-0.2, 0) is 4.79 Å². The molecule has 0 aliphatic heterocycles. The molecular weight excluding hydrogens is 200 g/mol. The zero-order valence-corrected chi connectivity index (χ0v) is 10.1. The molecule has 0 saturated carbocycles. The number of unbranched alkanes of at least 4 members (excludes halogenated alkanes) is 2. The van der Waals surface area contributed by atoms with Gasteiger partial charge in [-0.2, -0.15) is 0 Å². The summed E-state index contributed by atoms with van der Waals surface area (Å²) in [5.74, 6) is 0.504. The second-order valence-corrected chi connectivity index (χ2v) is 4.13. The number of esters is 1. The average molecular weight is 220 g/mol. The molecule has 0 aromatic heterocycles. The molecule has 0 aliphatic carbocycles. The van der Waals surface area contributed by atoms with Gasteiger partial charge < -0.3 is 4.74 Å². The van der Waals surface area contributed by atoms with Crippen LogP contribution in [0.15, 0.2) is 30.3 Å². The minimum atomic E-state index is -0.123. The molecule has 16 heavy (non-hydrogen) atoms. The lowest BCUT2D eigenvalue weighted by molar-refractivity contribution is -0.138. The maximum Gasteiger partial charge on any atom is 0.314 e. The Balaban J connectivity index is 2.34. The Labute approximate surface area is 97.6 Å². The molecule has 0 N–H and O–H groups in total. The number of ether oxygens (including phenoxy) is 1. The van der Waals surface area contributed by atoms with Crippen LogP contribution in [-0.4, -0.2) is 5.97 Å². The van der Waals surface area contributed by atoms with Crippen LogP contribution in [0.4, 0.5) is 0 Å². The second kappa shape index (κ2) is 7.04. The van der Waals surface area contributed by atoms with Gasteiger partial charge in [0, 0.05) is 0 Å². The fourth-order valence-electron chi connectivity index (χ4n) is 1.52. The number of para-hydroxylation sites is 1. The first-order chi connectivity index (χ1) is 7.74. The van der Waals surface area contributed by atoms with Gasteiger partial charge in [0.2, 0.25) is 0 Å². The number of benzene rings is 1. The fourth-order valence-corrected chi connectivity index (χ4v) is 1.52. The van der Waals surface area contributed by atoms with Crippen LogP contribution in [0.5, 0.6) is 5.75 Å². The van der Waals surface area contributed by atoms with Crippen molar-refractivity contribution in [2.45, 2.75) is 39.5 Å². The molecular formula is C14H20O2. The number of hydrogen-bond acceptors (Lipinski definition) is 2. The Bertz CT molecular complexity index is 306. The van der Waals surface area contributed by atoms with E-state index in [1.807, 2.05) is 25.1 Å². The predicted molar refractivity (Wildman–Crippen MR) is 65.4 cm³/mol. The monoisotopic (exact) mass is 220 g/mol. The van der Waals surface area contributed by atoms with Crippen molar-refractivity contribution in [3.05, 3.63) is 30.3 Å². The smallest absolute Gasteiger partial charge is 0.314 e. The van der Waals surface area contributed by atoms with E-state index in [1.165, 1.54) is 12.8 Å². The number of rotatable bonds is 6. The van der Waals surface area contributed by atoms with Crippen molar-refractivity contribution in [1.29, 1.82) is 0 Å². The van der Waals surface area contributed by atoms with E-state index in [0.717, 1.165) is 12.8 Å². The van der Waals surface area contributed by atoms with E-state index in [-0.39, 0.29) is 11.9 Å². The maximum atomic E-state index is 11.7. The van der Waals surface area contributed by atoms with E-state index in [2.05, 4.69) is 6.92 Å². The van der Waals surface area contributed by atoms with E-state index in [4.69, 9.17) is 4.74 Å². The highest BCUT2D eigenvalue weighted by atomic mass is 16.5. The summed E-state index contributed by atoms with van der Waals surface area (Å²) in [7, 11) is 0. The highest BCUT2D eigenvalue weighted by Crippen LogP contribution is 2.15. The normalized spacial score (nSPS) is 12.1. The molecule has 88 valence electrons. The van der Waals surface area contributed by atoms with Gasteiger partial charge in [-0.15, -0.1) is 0 Å². The lowest BCUT2D eigenvalue weighted by Crippen LogP contribution is -2.17. The molecule has 1 atom stereocenters.